The van der Waals surface area contributed by atoms with Gasteiger partial charge in [0.2, 0.25) is 5.91 Å². The number of aryl methyl sites for hydroxylation is 1. The van der Waals surface area contributed by atoms with Crippen molar-refractivity contribution in [1.29, 1.82) is 0 Å². The number of amides is 2. The third kappa shape index (κ3) is 4.85. The lowest BCUT2D eigenvalue weighted by Crippen LogP contribution is -2.46. The number of rotatable bonds is 5. The molecule has 1 aromatic rings. The Labute approximate surface area is 125 Å². The van der Waals surface area contributed by atoms with Gasteiger partial charge in [0.05, 0.1) is 0 Å². The normalized spacial score (nSPS) is 12.1. The third-order valence-corrected chi connectivity index (χ3v) is 3.19. The standard InChI is InChI=1S/C16H23FN2O2/c1-10(2)8-14(16(21)19(4)5)18-15(20)12-7-6-11(3)13(17)9-12/h6-7,9-10,14H,8H2,1-5H3,(H,18,20)/t14-/m0/s1. The second-order valence-electron chi connectivity index (χ2n) is 5.85. The molecule has 0 aliphatic rings. The van der Waals surface area contributed by atoms with Crippen molar-refractivity contribution in [3.63, 3.8) is 0 Å². The molecule has 4 nitrogen and oxygen atoms in total. The summed E-state index contributed by atoms with van der Waals surface area (Å²) in [7, 11) is 3.29. The summed E-state index contributed by atoms with van der Waals surface area (Å²) >= 11 is 0. The van der Waals surface area contributed by atoms with Crippen LogP contribution in [0.4, 0.5) is 4.39 Å². The number of halogens is 1. The van der Waals surface area contributed by atoms with Crippen molar-refractivity contribution in [2.45, 2.75) is 33.2 Å². The van der Waals surface area contributed by atoms with Crippen molar-refractivity contribution in [2.24, 2.45) is 5.92 Å². The van der Waals surface area contributed by atoms with E-state index in [1.165, 1.54) is 11.0 Å². The van der Waals surface area contributed by atoms with Crippen LogP contribution in [0.5, 0.6) is 0 Å². The maximum Gasteiger partial charge on any atom is 0.252 e. The van der Waals surface area contributed by atoms with Crippen molar-refractivity contribution in [2.75, 3.05) is 14.1 Å². The first kappa shape index (κ1) is 17.1. The molecule has 21 heavy (non-hydrogen) atoms. The number of nitrogens with zero attached hydrogens (tertiary/aromatic N) is 1. The SMILES string of the molecule is Cc1ccc(C(=O)N[C@@H](CC(C)C)C(=O)N(C)C)cc1F. The van der Waals surface area contributed by atoms with Gasteiger partial charge in [0.1, 0.15) is 11.9 Å². The minimum absolute atomic E-state index is 0.162. The smallest absolute Gasteiger partial charge is 0.252 e. The average molecular weight is 294 g/mol. The van der Waals surface area contributed by atoms with Gasteiger partial charge in [-0.3, -0.25) is 9.59 Å². The summed E-state index contributed by atoms with van der Waals surface area (Å²) in [6.45, 7) is 5.59. The summed E-state index contributed by atoms with van der Waals surface area (Å²) < 4.78 is 13.5. The molecule has 0 fully saturated rings. The number of likely N-dealkylation sites (N-methyl/N-ethyl adjacent to an activating group) is 1. The summed E-state index contributed by atoms with van der Waals surface area (Å²) in [6.07, 6.45) is 0.539. The number of carbonyl (C=O) groups excluding carboxylic acids is 2. The zero-order valence-electron chi connectivity index (χ0n) is 13.2. The maximum atomic E-state index is 13.5. The molecule has 0 aromatic heterocycles. The minimum atomic E-state index is -0.600. The van der Waals surface area contributed by atoms with Crippen LogP contribution in [0.15, 0.2) is 18.2 Å². The van der Waals surface area contributed by atoms with E-state index in [0.29, 0.717) is 12.0 Å². The van der Waals surface area contributed by atoms with Crippen LogP contribution in [0, 0.1) is 18.7 Å². The number of carbonyl (C=O) groups is 2. The summed E-state index contributed by atoms with van der Waals surface area (Å²) in [5.74, 6) is -0.768. The van der Waals surface area contributed by atoms with Gasteiger partial charge in [0, 0.05) is 19.7 Å². The average Bonchev–Trinajstić information content (AvgIpc) is 2.39. The molecule has 0 heterocycles. The molecule has 1 aromatic carbocycles. The lowest BCUT2D eigenvalue weighted by molar-refractivity contribution is -0.131. The molecular formula is C16H23FN2O2. The molecule has 0 aliphatic carbocycles. The molecular weight excluding hydrogens is 271 g/mol. The Balaban J connectivity index is 2.89. The van der Waals surface area contributed by atoms with Crippen LogP contribution in [-0.4, -0.2) is 36.9 Å². The molecule has 5 heteroatoms. The fourth-order valence-electron chi connectivity index (χ4n) is 1.98. The number of hydrogen-bond acceptors (Lipinski definition) is 2. The molecule has 1 rings (SSSR count). The van der Waals surface area contributed by atoms with Gasteiger partial charge in [0.15, 0.2) is 0 Å². The second kappa shape index (κ2) is 7.20. The molecule has 0 saturated heterocycles. The Morgan fingerprint density at radius 1 is 1.29 bits per heavy atom. The van der Waals surface area contributed by atoms with Gasteiger partial charge in [-0.1, -0.05) is 19.9 Å². The van der Waals surface area contributed by atoms with E-state index in [2.05, 4.69) is 5.32 Å². The largest absolute Gasteiger partial charge is 0.347 e. The molecule has 0 bridgehead atoms. The molecule has 0 saturated carbocycles. The number of hydrogen-bond donors (Lipinski definition) is 1. The van der Waals surface area contributed by atoms with E-state index in [1.54, 1.807) is 33.2 Å². The van der Waals surface area contributed by atoms with E-state index in [0.717, 1.165) is 0 Å². The van der Waals surface area contributed by atoms with Gasteiger partial charge in [-0.25, -0.2) is 4.39 Å². The molecule has 0 radical (unpaired) electrons. The Kier molecular flexibility index (Phi) is 5.88. The molecule has 1 N–H and O–H groups in total. The first-order valence-corrected chi connectivity index (χ1v) is 7.00. The second-order valence-corrected chi connectivity index (χ2v) is 5.85. The maximum absolute atomic E-state index is 13.5. The van der Waals surface area contributed by atoms with E-state index in [-0.39, 0.29) is 17.4 Å². The first-order valence-electron chi connectivity index (χ1n) is 7.00. The van der Waals surface area contributed by atoms with Crippen molar-refractivity contribution >= 4 is 11.8 Å². The molecule has 0 unspecified atom stereocenters. The Hall–Kier alpha value is -1.91. The molecule has 0 aliphatic heterocycles. The topological polar surface area (TPSA) is 49.4 Å². The van der Waals surface area contributed by atoms with Crippen LogP contribution in [-0.2, 0) is 4.79 Å². The molecule has 0 spiro atoms. The van der Waals surface area contributed by atoms with Crippen LogP contribution in [0.2, 0.25) is 0 Å². The van der Waals surface area contributed by atoms with Crippen LogP contribution >= 0.6 is 0 Å². The molecule has 1 atom stereocenters. The van der Waals surface area contributed by atoms with Crippen molar-refractivity contribution in [3.8, 4) is 0 Å². The van der Waals surface area contributed by atoms with Gasteiger partial charge in [-0.2, -0.15) is 0 Å². The van der Waals surface area contributed by atoms with Gasteiger partial charge >= 0.3 is 0 Å². The summed E-state index contributed by atoms with van der Waals surface area (Å²) in [5, 5.41) is 2.70. The van der Waals surface area contributed by atoms with Crippen molar-refractivity contribution in [1.82, 2.24) is 10.2 Å². The molecule has 2 amide bonds. The monoisotopic (exact) mass is 294 g/mol. The Morgan fingerprint density at radius 2 is 1.90 bits per heavy atom. The van der Waals surface area contributed by atoms with Crippen molar-refractivity contribution in [3.05, 3.63) is 35.1 Å². The number of nitrogens with one attached hydrogen (secondary N) is 1. The van der Waals surface area contributed by atoms with E-state index >= 15 is 0 Å². The predicted octanol–water partition coefficient (Wildman–Crippen LogP) is 2.37. The van der Waals surface area contributed by atoms with Gasteiger partial charge in [-0.15, -0.1) is 0 Å². The van der Waals surface area contributed by atoms with Gasteiger partial charge in [0.25, 0.3) is 5.91 Å². The van der Waals surface area contributed by atoms with E-state index in [1.807, 2.05) is 13.8 Å². The highest BCUT2D eigenvalue weighted by Gasteiger charge is 2.24. The lowest BCUT2D eigenvalue weighted by atomic mass is 10.0. The zero-order chi connectivity index (χ0) is 16.2. The van der Waals surface area contributed by atoms with Crippen LogP contribution in [0.3, 0.4) is 0 Å². The van der Waals surface area contributed by atoms with Gasteiger partial charge < -0.3 is 10.2 Å². The van der Waals surface area contributed by atoms with Crippen molar-refractivity contribution < 1.29 is 14.0 Å². The van der Waals surface area contributed by atoms with Crippen LogP contribution in [0.25, 0.3) is 0 Å². The fraction of sp³-hybridized carbons (Fsp3) is 0.500. The lowest BCUT2D eigenvalue weighted by Gasteiger charge is -2.23. The fourth-order valence-corrected chi connectivity index (χ4v) is 1.98. The van der Waals surface area contributed by atoms with E-state index < -0.39 is 17.8 Å². The van der Waals surface area contributed by atoms with E-state index in [9.17, 15) is 14.0 Å². The first-order chi connectivity index (χ1) is 9.72. The Morgan fingerprint density at radius 3 is 2.38 bits per heavy atom. The highest BCUT2D eigenvalue weighted by atomic mass is 19.1. The highest BCUT2D eigenvalue weighted by molar-refractivity contribution is 5.97. The highest BCUT2D eigenvalue weighted by Crippen LogP contribution is 2.11. The summed E-state index contributed by atoms with van der Waals surface area (Å²) in [6, 6.07) is 3.70. The Bertz CT molecular complexity index is 527. The number of benzene rings is 1. The summed E-state index contributed by atoms with van der Waals surface area (Å²) in [4.78, 5) is 25.7. The zero-order valence-corrected chi connectivity index (χ0v) is 13.2. The third-order valence-electron chi connectivity index (χ3n) is 3.19. The quantitative estimate of drug-likeness (QED) is 0.906. The summed E-state index contributed by atoms with van der Waals surface area (Å²) in [5.41, 5.74) is 0.702. The van der Waals surface area contributed by atoms with Gasteiger partial charge in [-0.05, 0) is 37.0 Å². The van der Waals surface area contributed by atoms with E-state index in [4.69, 9.17) is 0 Å². The predicted molar refractivity (Wildman–Crippen MR) is 80.5 cm³/mol. The molecule has 116 valence electrons. The van der Waals surface area contributed by atoms with Crippen LogP contribution in [0.1, 0.15) is 36.2 Å². The van der Waals surface area contributed by atoms with Crippen LogP contribution < -0.4 is 5.32 Å². The minimum Gasteiger partial charge on any atom is -0.347 e.